The number of ether oxygens (including phenoxy) is 2. The van der Waals surface area contributed by atoms with Gasteiger partial charge in [0.25, 0.3) is 5.91 Å². The molecule has 22 heavy (non-hydrogen) atoms. The van der Waals surface area contributed by atoms with Gasteiger partial charge >= 0.3 is 0 Å². The predicted octanol–water partition coefficient (Wildman–Crippen LogP) is 2.75. The number of likely N-dealkylation sites (tertiary alicyclic amines) is 1. The standard InChI is InChI=1S/C18H27NO3/c1-4-21-11-12-22-15(3)18(20)19-10-9-16(13-19)17-8-6-5-7-14(17)2/h5-8,15-16H,4,9-13H2,1-3H3/t15-,16-/m0/s1. The Bertz CT molecular complexity index is 489. The van der Waals surface area contributed by atoms with Gasteiger partial charge < -0.3 is 14.4 Å². The van der Waals surface area contributed by atoms with Gasteiger partial charge in [-0.2, -0.15) is 0 Å². The molecule has 122 valence electrons. The Labute approximate surface area is 133 Å². The molecule has 1 aliphatic heterocycles. The van der Waals surface area contributed by atoms with Crippen LogP contribution in [0, 0.1) is 6.92 Å². The van der Waals surface area contributed by atoms with Crippen molar-refractivity contribution in [3.63, 3.8) is 0 Å². The van der Waals surface area contributed by atoms with Crippen molar-refractivity contribution in [2.24, 2.45) is 0 Å². The van der Waals surface area contributed by atoms with Gasteiger partial charge in [-0.05, 0) is 38.3 Å². The fraction of sp³-hybridized carbons (Fsp3) is 0.611. The zero-order valence-corrected chi connectivity index (χ0v) is 13.9. The fourth-order valence-corrected chi connectivity index (χ4v) is 3.02. The van der Waals surface area contributed by atoms with Gasteiger partial charge in [0.1, 0.15) is 6.10 Å². The lowest BCUT2D eigenvalue weighted by Gasteiger charge is -2.21. The summed E-state index contributed by atoms with van der Waals surface area (Å²) in [6, 6.07) is 8.45. The van der Waals surface area contributed by atoms with Crippen LogP contribution in [0.4, 0.5) is 0 Å². The smallest absolute Gasteiger partial charge is 0.251 e. The second-order valence-corrected chi connectivity index (χ2v) is 5.84. The van der Waals surface area contributed by atoms with Crippen LogP contribution in [0.1, 0.15) is 37.3 Å². The summed E-state index contributed by atoms with van der Waals surface area (Å²) in [5, 5.41) is 0. The van der Waals surface area contributed by atoms with E-state index in [0.717, 1.165) is 19.5 Å². The topological polar surface area (TPSA) is 38.8 Å². The lowest BCUT2D eigenvalue weighted by atomic mass is 9.94. The van der Waals surface area contributed by atoms with Crippen LogP contribution >= 0.6 is 0 Å². The van der Waals surface area contributed by atoms with Gasteiger partial charge in [-0.15, -0.1) is 0 Å². The molecule has 4 nitrogen and oxygen atoms in total. The van der Waals surface area contributed by atoms with E-state index >= 15 is 0 Å². The van der Waals surface area contributed by atoms with E-state index in [0.29, 0.717) is 25.7 Å². The summed E-state index contributed by atoms with van der Waals surface area (Å²) < 4.78 is 10.8. The van der Waals surface area contributed by atoms with E-state index in [1.807, 2.05) is 18.7 Å². The van der Waals surface area contributed by atoms with E-state index in [-0.39, 0.29) is 5.91 Å². The summed E-state index contributed by atoms with van der Waals surface area (Å²) in [5.41, 5.74) is 2.67. The summed E-state index contributed by atoms with van der Waals surface area (Å²) in [6.45, 7) is 9.21. The molecule has 0 bridgehead atoms. The highest BCUT2D eigenvalue weighted by Gasteiger charge is 2.30. The summed E-state index contributed by atoms with van der Waals surface area (Å²) in [7, 11) is 0. The van der Waals surface area contributed by atoms with Gasteiger partial charge in [-0.25, -0.2) is 0 Å². The molecule has 2 rings (SSSR count). The average molecular weight is 305 g/mol. The maximum absolute atomic E-state index is 12.4. The molecule has 0 aliphatic carbocycles. The van der Waals surface area contributed by atoms with Crippen LogP contribution in [0.25, 0.3) is 0 Å². The summed E-state index contributed by atoms with van der Waals surface area (Å²) in [4.78, 5) is 14.4. The first-order valence-corrected chi connectivity index (χ1v) is 8.17. The minimum absolute atomic E-state index is 0.0904. The van der Waals surface area contributed by atoms with E-state index in [1.165, 1.54) is 11.1 Å². The molecule has 0 aromatic heterocycles. The molecule has 1 aromatic carbocycles. The van der Waals surface area contributed by atoms with Crippen LogP contribution in [-0.4, -0.2) is 49.8 Å². The van der Waals surface area contributed by atoms with Crippen molar-refractivity contribution in [1.82, 2.24) is 4.90 Å². The van der Waals surface area contributed by atoms with Crippen molar-refractivity contribution in [2.45, 2.75) is 39.2 Å². The Hall–Kier alpha value is -1.39. The van der Waals surface area contributed by atoms with Crippen LogP contribution in [0.2, 0.25) is 0 Å². The van der Waals surface area contributed by atoms with Gasteiger partial charge in [0, 0.05) is 25.6 Å². The Balaban J connectivity index is 1.84. The van der Waals surface area contributed by atoms with Crippen molar-refractivity contribution < 1.29 is 14.3 Å². The maximum Gasteiger partial charge on any atom is 0.251 e. The van der Waals surface area contributed by atoms with Crippen LogP contribution in [0.15, 0.2) is 24.3 Å². The predicted molar refractivity (Wildman–Crippen MR) is 87.0 cm³/mol. The minimum atomic E-state index is -0.393. The molecule has 2 atom stereocenters. The molecule has 1 fully saturated rings. The first-order valence-electron chi connectivity index (χ1n) is 8.17. The number of rotatable bonds is 7. The zero-order valence-electron chi connectivity index (χ0n) is 13.9. The summed E-state index contributed by atoms with van der Waals surface area (Å²) >= 11 is 0. The first kappa shape index (κ1) is 17.0. The highest BCUT2D eigenvalue weighted by molar-refractivity contribution is 5.81. The van der Waals surface area contributed by atoms with Crippen molar-refractivity contribution in [1.29, 1.82) is 0 Å². The van der Waals surface area contributed by atoms with Crippen LogP contribution in [0.5, 0.6) is 0 Å². The molecule has 0 N–H and O–H groups in total. The molecule has 1 saturated heterocycles. The number of carbonyl (C=O) groups is 1. The molecule has 0 unspecified atom stereocenters. The van der Waals surface area contributed by atoms with E-state index < -0.39 is 6.10 Å². The molecule has 1 amide bonds. The highest BCUT2D eigenvalue weighted by atomic mass is 16.5. The molecule has 1 heterocycles. The van der Waals surface area contributed by atoms with E-state index in [4.69, 9.17) is 9.47 Å². The van der Waals surface area contributed by atoms with Gasteiger partial charge in [-0.3, -0.25) is 4.79 Å². The van der Waals surface area contributed by atoms with E-state index in [2.05, 4.69) is 31.2 Å². The molecular formula is C18H27NO3. The summed E-state index contributed by atoms with van der Waals surface area (Å²) in [5.74, 6) is 0.536. The molecule has 1 aromatic rings. The lowest BCUT2D eigenvalue weighted by molar-refractivity contribution is -0.142. The second-order valence-electron chi connectivity index (χ2n) is 5.84. The monoisotopic (exact) mass is 305 g/mol. The van der Waals surface area contributed by atoms with Crippen molar-refractivity contribution in [3.05, 3.63) is 35.4 Å². The minimum Gasteiger partial charge on any atom is -0.379 e. The SMILES string of the molecule is CCOCCO[C@@H](C)C(=O)N1CC[C@H](c2ccccc2C)C1. The largest absolute Gasteiger partial charge is 0.379 e. The van der Waals surface area contributed by atoms with Crippen LogP contribution in [-0.2, 0) is 14.3 Å². The number of hydrogen-bond acceptors (Lipinski definition) is 3. The van der Waals surface area contributed by atoms with Gasteiger partial charge in [0.05, 0.1) is 13.2 Å². The third-order valence-corrected chi connectivity index (χ3v) is 4.28. The average Bonchev–Trinajstić information content (AvgIpc) is 3.00. The molecule has 0 saturated carbocycles. The number of amides is 1. The second kappa shape index (κ2) is 8.30. The van der Waals surface area contributed by atoms with E-state index in [1.54, 1.807) is 0 Å². The van der Waals surface area contributed by atoms with Gasteiger partial charge in [0.15, 0.2) is 0 Å². The maximum atomic E-state index is 12.4. The third-order valence-electron chi connectivity index (χ3n) is 4.28. The number of benzene rings is 1. The summed E-state index contributed by atoms with van der Waals surface area (Å²) in [6.07, 6.45) is 0.637. The molecule has 1 aliphatic rings. The molecule has 4 heteroatoms. The van der Waals surface area contributed by atoms with Gasteiger partial charge in [-0.1, -0.05) is 24.3 Å². The number of carbonyl (C=O) groups excluding carboxylic acids is 1. The zero-order chi connectivity index (χ0) is 15.9. The molecular weight excluding hydrogens is 278 g/mol. The Kier molecular flexibility index (Phi) is 6.40. The Morgan fingerprint density at radius 2 is 2.14 bits per heavy atom. The van der Waals surface area contributed by atoms with Crippen LogP contribution < -0.4 is 0 Å². The number of aryl methyl sites for hydroxylation is 1. The van der Waals surface area contributed by atoms with E-state index in [9.17, 15) is 4.79 Å². The molecule has 0 radical (unpaired) electrons. The number of hydrogen-bond donors (Lipinski definition) is 0. The van der Waals surface area contributed by atoms with Gasteiger partial charge in [0.2, 0.25) is 0 Å². The first-order chi connectivity index (χ1) is 10.6. The Morgan fingerprint density at radius 3 is 2.86 bits per heavy atom. The van der Waals surface area contributed by atoms with Crippen molar-refractivity contribution in [3.8, 4) is 0 Å². The van der Waals surface area contributed by atoms with Crippen LogP contribution in [0.3, 0.4) is 0 Å². The fourth-order valence-electron chi connectivity index (χ4n) is 3.02. The quantitative estimate of drug-likeness (QED) is 0.727. The normalized spacial score (nSPS) is 19.4. The van der Waals surface area contributed by atoms with Crippen molar-refractivity contribution >= 4 is 5.91 Å². The molecule has 0 spiro atoms. The Morgan fingerprint density at radius 1 is 1.36 bits per heavy atom. The highest BCUT2D eigenvalue weighted by Crippen LogP contribution is 2.29. The lowest BCUT2D eigenvalue weighted by Crippen LogP contribution is -2.38. The third kappa shape index (κ3) is 4.31. The van der Waals surface area contributed by atoms with Crippen molar-refractivity contribution in [2.75, 3.05) is 32.9 Å². The number of nitrogens with zero attached hydrogens (tertiary/aromatic N) is 1.